The van der Waals surface area contributed by atoms with Crippen LogP contribution in [-0.4, -0.2) is 71.7 Å². The Balaban J connectivity index is 1.22. The van der Waals surface area contributed by atoms with Crippen LogP contribution in [0.3, 0.4) is 0 Å². The van der Waals surface area contributed by atoms with E-state index in [0.717, 1.165) is 23.5 Å². The summed E-state index contributed by atoms with van der Waals surface area (Å²) < 4.78 is 28.3. The summed E-state index contributed by atoms with van der Waals surface area (Å²) in [5.41, 5.74) is 5.32. The highest BCUT2D eigenvalue weighted by Crippen LogP contribution is 2.40. The predicted octanol–water partition coefficient (Wildman–Crippen LogP) is 5.88. The summed E-state index contributed by atoms with van der Waals surface area (Å²) in [5.74, 6) is -0.434. The molecule has 2 aromatic heterocycles. The molecule has 13 heteroatoms. The first-order chi connectivity index (χ1) is 23.4. The Bertz CT molecular complexity index is 2150. The standard InChI is InChI=1S/C36H36FN7O5/c1-19-31(20(2)44(5)42-19)33-26(25-16-24(48-6)17-28(37)32(25)41-33)18-30-34(45)27-15-23(11-12-29(27)49-30)40-36(47)39-22-9-7-21(8-10-22)35(46)38-13-14-43(3)4/h7-12,15-18,41H,13-14H2,1-6H3,(H,38,46)(H2,39,40,47). The normalized spacial score (nSPS) is 13.1. The van der Waals surface area contributed by atoms with Gasteiger partial charge >= 0.3 is 6.03 Å². The summed E-state index contributed by atoms with van der Waals surface area (Å²) in [6.45, 7) is 5.01. The highest BCUT2D eigenvalue weighted by molar-refractivity contribution is 6.16. The number of hydrogen-bond acceptors (Lipinski definition) is 7. The first-order valence-electron chi connectivity index (χ1n) is 15.5. The number of halogens is 1. The minimum atomic E-state index is -0.535. The number of ether oxygens (including phenoxy) is 2. The Labute approximate surface area is 281 Å². The second-order valence-electron chi connectivity index (χ2n) is 12.0. The minimum absolute atomic E-state index is 0.0343. The maximum Gasteiger partial charge on any atom is 0.323 e. The monoisotopic (exact) mass is 665 g/mol. The lowest BCUT2D eigenvalue weighted by Crippen LogP contribution is -2.31. The molecule has 0 saturated heterocycles. The highest BCUT2D eigenvalue weighted by atomic mass is 19.1. The van der Waals surface area contributed by atoms with Crippen LogP contribution in [0.1, 0.15) is 37.7 Å². The fourth-order valence-electron chi connectivity index (χ4n) is 5.74. The van der Waals surface area contributed by atoms with Gasteiger partial charge in [0.15, 0.2) is 11.6 Å². The number of methoxy groups -OCH3 is 1. The number of rotatable bonds is 9. The number of amides is 3. The Hall–Kier alpha value is -5.95. The average molecular weight is 666 g/mol. The van der Waals surface area contributed by atoms with Gasteiger partial charge in [-0.1, -0.05) is 0 Å². The van der Waals surface area contributed by atoms with Gasteiger partial charge in [0.05, 0.1) is 29.6 Å². The van der Waals surface area contributed by atoms with Crippen LogP contribution in [0.15, 0.2) is 60.4 Å². The third-order valence-electron chi connectivity index (χ3n) is 8.32. The van der Waals surface area contributed by atoms with Crippen LogP contribution in [0, 0.1) is 19.7 Å². The van der Waals surface area contributed by atoms with E-state index in [4.69, 9.17) is 9.47 Å². The number of allylic oxidation sites excluding steroid dienone is 1. The number of hydrogen-bond donors (Lipinski definition) is 4. The lowest BCUT2D eigenvalue weighted by atomic mass is 10.0. The molecule has 49 heavy (non-hydrogen) atoms. The van der Waals surface area contributed by atoms with Crippen molar-refractivity contribution in [3.63, 3.8) is 0 Å². The van der Waals surface area contributed by atoms with Crippen LogP contribution in [0.5, 0.6) is 11.5 Å². The second kappa shape index (κ2) is 13.3. The van der Waals surface area contributed by atoms with Gasteiger partial charge in [0.2, 0.25) is 5.78 Å². The van der Waals surface area contributed by atoms with Gasteiger partial charge in [0.25, 0.3) is 5.91 Å². The van der Waals surface area contributed by atoms with E-state index in [1.54, 1.807) is 53.2 Å². The van der Waals surface area contributed by atoms with Gasteiger partial charge in [-0.15, -0.1) is 0 Å². The zero-order valence-corrected chi connectivity index (χ0v) is 27.9. The number of aryl methyl sites for hydroxylation is 2. The molecule has 1 aliphatic rings. The molecule has 1 aliphatic heterocycles. The molecule has 6 rings (SSSR count). The fraction of sp³-hybridized carbons (Fsp3) is 0.222. The molecule has 3 aromatic carbocycles. The maximum atomic E-state index is 15.2. The molecule has 0 bridgehead atoms. The Morgan fingerprint density at radius 2 is 1.78 bits per heavy atom. The highest BCUT2D eigenvalue weighted by Gasteiger charge is 2.30. The molecule has 0 fully saturated rings. The SMILES string of the molecule is COc1cc(F)c2[nH]c(-c3c(C)nn(C)c3C)c(C=C3Oc4ccc(NC(=O)Nc5ccc(C(=O)NCCN(C)C)cc5)cc4C3=O)c2c1. The molecule has 12 nitrogen and oxygen atoms in total. The number of carbonyl (C=O) groups is 3. The predicted molar refractivity (Wildman–Crippen MR) is 186 cm³/mol. The average Bonchev–Trinajstić information content (AvgIpc) is 3.66. The number of H-pyrrole nitrogens is 1. The molecular formula is C36H36FN7O5. The smallest absolute Gasteiger partial charge is 0.323 e. The lowest BCUT2D eigenvalue weighted by molar-refractivity contribution is 0.0950. The van der Waals surface area contributed by atoms with E-state index in [-0.39, 0.29) is 22.7 Å². The summed E-state index contributed by atoms with van der Waals surface area (Å²) in [6.07, 6.45) is 1.59. The van der Waals surface area contributed by atoms with Gasteiger partial charge < -0.3 is 35.3 Å². The molecule has 3 amide bonds. The van der Waals surface area contributed by atoms with Gasteiger partial charge in [0, 0.05) is 65.3 Å². The first-order valence-corrected chi connectivity index (χ1v) is 15.5. The Morgan fingerprint density at radius 3 is 2.45 bits per heavy atom. The molecule has 0 aliphatic carbocycles. The Kier molecular flexibility index (Phi) is 8.93. The van der Waals surface area contributed by atoms with E-state index in [0.29, 0.717) is 51.6 Å². The molecule has 252 valence electrons. The van der Waals surface area contributed by atoms with E-state index in [9.17, 15) is 14.4 Å². The first kappa shape index (κ1) is 33.0. The summed E-state index contributed by atoms with van der Waals surface area (Å²) >= 11 is 0. The number of benzene rings is 3. The summed E-state index contributed by atoms with van der Waals surface area (Å²) in [6, 6.07) is 13.7. The van der Waals surface area contributed by atoms with E-state index < -0.39 is 17.6 Å². The number of fused-ring (bicyclic) bond motifs is 2. The molecule has 0 atom stereocenters. The molecule has 4 N–H and O–H groups in total. The van der Waals surface area contributed by atoms with Crippen molar-refractivity contribution in [3.8, 4) is 22.8 Å². The van der Waals surface area contributed by atoms with Crippen molar-refractivity contribution in [2.24, 2.45) is 7.05 Å². The number of aromatic nitrogens is 3. The van der Waals surface area contributed by atoms with E-state index in [1.807, 2.05) is 39.9 Å². The van der Waals surface area contributed by atoms with Crippen LogP contribution >= 0.6 is 0 Å². The number of likely N-dealkylation sites (N-methyl/N-ethyl adjacent to an activating group) is 1. The molecule has 0 saturated carbocycles. The molecular weight excluding hydrogens is 629 g/mol. The van der Waals surface area contributed by atoms with Crippen LogP contribution < -0.4 is 25.4 Å². The van der Waals surface area contributed by atoms with Crippen molar-refractivity contribution in [2.45, 2.75) is 13.8 Å². The summed E-state index contributed by atoms with van der Waals surface area (Å²) in [7, 11) is 7.14. The number of nitrogens with one attached hydrogen (secondary N) is 4. The number of urea groups is 1. The number of aromatic amines is 1. The topological polar surface area (TPSA) is 143 Å². The lowest BCUT2D eigenvalue weighted by Gasteiger charge is -2.11. The minimum Gasteiger partial charge on any atom is -0.497 e. The van der Waals surface area contributed by atoms with Crippen molar-refractivity contribution < 1.29 is 28.2 Å². The molecule has 0 radical (unpaired) electrons. The molecule has 5 aromatic rings. The maximum absolute atomic E-state index is 15.2. The number of carbonyl (C=O) groups excluding carboxylic acids is 3. The zero-order valence-electron chi connectivity index (χ0n) is 27.9. The number of anilines is 2. The van der Waals surface area contributed by atoms with Crippen LogP contribution in [-0.2, 0) is 7.05 Å². The summed E-state index contributed by atoms with van der Waals surface area (Å²) in [5, 5.41) is 13.3. The molecule has 0 spiro atoms. The van der Waals surface area contributed by atoms with Crippen molar-refractivity contribution in [3.05, 3.63) is 94.3 Å². The quantitative estimate of drug-likeness (QED) is 0.144. The van der Waals surface area contributed by atoms with E-state index >= 15 is 4.39 Å². The van der Waals surface area contributed by atoms with Crippen molar-refractivity contribution >= 4 is 46.1 Å². The largest absolute Gasteiger partial charge is 0.497 e. The molecule has 3 heterocycles. The van der Waals surface area contributed by atoms with Gasteiger partial charge in [-0.2, -0.15) is 5.10 Å². The van der Waals surface area contributed by atoms with Crippen LogP contribution in [0.25, 0.3) is 28.2 Å². The van der Waals surface area contributed by atoms with Crippen molar-refractivity contribution in [1.29, 1.82) is 0 Å². The molecule has 0 unspecified atom stereocenters. The van der Waals surface area contributed by atoms with Crippen molar-refractivity contribution in [1.82, 2.24) is 25.0 Å². The second-order valence-corrected chi connectivity index (χ2v) is 12.0. The van der Waals surface area contributed by atoms with Gasteiger partial charge in [0.1, 0.15) is 11.5 Å². The fourth-order valence-corrected chi connectivity index (χ4v) is 5.74. The van der Waals surface area contributed by atoms with E-state index in [2.05, 4.69) is 26.0 Å². The van der Waals surface area contributed by atoms with Crippen LogP contribution in [0.4, 0.5) is 20.6 Å². The third-order valence-corrected chi connectivity index (χ3v) is 8.32. The summed E-state index contributed by atoms with van der Waals surface area (Å²) in [4.78, 5) is 44.0. The van der Waals surface area contributed by atoms with Crippen LogP contribution in [0.2, 0.25) is 0 Å². The number of nitrogens with zero attached hydrogens (tertiary/aromatic N) is 3. The van der Waals surface area contributed by atoms with Gasteiger partial charge in [-0.05, 0) is 82.5 Å². The Morgan fingerprint density at radius 1 is 1.06 bits per heavy atom. The van der Waals surface area contributed by atoms with Gasteiger partial charge in [-0.3, -0.25) is 14.3 Å². The van der Waals surface area contributed by atoms with Gasteiger partial charge in [-0.25, -0.2) is 9.18 Å². The number of Topliss-reactive ketones (excluding diaryl/α,β-unsaturated/α-hetero) is 1. The van der Waals surface area contributed by atoms with E-state index in [1.165, 1.54) is 19.2 Å². The zero-order chi connectivity index (χ0) is 35.0. The number of ketones is 1. The third kappa shape index (κ3) is 6.61. The van der Waals surface area contributed by atoms with Crippen molar-refractivity contribution in [2.75, 3.05) is 44.9 Å².